The van der Waals surface area contributed by atoms with E-state index in [2.05, 4.69) is 21.2 Å². The minimum atomic E-state index is -0.0789. The van der Waals surface area contributed by atoms with Crippen LogP contribution in [0.5, 0.6) is 0 Å². The topological polar surface area (TPSA) is 56.1 Å². The SMILES string of the molecule is N#CCCN1CC(c2ccc(Br)s2)NC1=O. The van der Waals surface area contributed by atoms with Gasteiger partial charge in [-0.05, 0) is 28.1 Å². The number of thiophene rings is 1. The van der Waals surface area contributed by atoms with Gasteiger partial charge in [-0.2, -0.15) is 5.26 Å². The van der Waals surface area contributed by atoms with Gasteiger partial charge in [0.05, 0.1) is 22.3 Å². The van der Waals surface area contributed by atoms with E-state index in [0.29, 0.717) is 19.5 Å². The molecule has 2 rings (SSSR count). The Morgan fingerprint density at radius 3 is 3.12 bits per heavy atom. The van der Waals surface area contributed by atoms with Gasteiger partial charge in [0.25, 0.3) is 0 Å². The lowest BCUT2D eigenvalue weighted by atomic mass is 10.2. The summed E-state index contributed by atoms with van der Waals surface area (Å²) in [5.74, 6) is 0. The third-order valence-electron chi connectivity index (χ3n) is 2.42. The molecule has 1 aliphatic heterocycles. The molecule has 1 aromatic heterocycles. The number of nitriles is 1. The van der Waals surface area contributed by atoms with Gasteiger partial charge in [-0.1, -0.05) is 0 Å². The molecule has 0 aromatic carbocycles. The first-order chi connectivity index (χ1) is 7.70. The van der Waals surface area contributed by atoms with Crippen LogP contribution in [0.25, 0.3) is 0 Å². The van der Waals surface area contributed by atoms with Crippen molar-refractivity contribution in [1.29, 1.82) is 5.26 Å². The summed E-state index contributed by atoms with van der Waals surface area (Å²) in [5, 5.41) is 11.4. The van der Waals surface area contributed by atoms with Crippen LogP contribution in [0.3, 0.4) is 0 Å². The Morgan fingerprint density at radius 2 is 2.50 bits per heavy atom. The molecule has 1 atom stereocenters. The predicted octanol–water partition coefficient (Wildman–Crippen LogP) is 2.49. The van der Waals surface area contributed by atoms with E-state index in [0.717, 1.165) is 8.66 Å². The molecule has 2 amide bonds. The lowest BCUT2D eigenvalue weighted by molar-refractivity contribution is 0.218. The Hall–Kier alpha value is -1.06. The highest BCUT2D eigenvalue weighted by Crippen LogP contribution is 2.30. The van der Waals surface area contributed by atoms with Gasteiger partial charge in [0.15, 0.2) is 0 Å². The fraction of sp³-hybridized carbons (Fsp3) is 0.400. The highest BCUT2D eigenvalue weighted by molar-refractivity contribution is 9.11. The normalized spacial score (nSPS) is 19.6. The van der Waals surface area contributed by atoms with Gasteiger partial charge in [-0.3, -0.25) is 0 Å². The maximum absolute atomic E-state index is 11.6. The van der Waals surface area contributed by atoms with E-state index >= 15 is 0 Å². The summed E-state index contributed by atoms with van der Waals surface area (Å²) in [6.45, 7) is 1.15. The van der Waals surface area contributed by atoms with Crippen LogP contribution >= 0.6 is 27.3 Å². The number of urea groups is 1. The quantitative estimate of drug-likeness (QED) is 0.932. The van der Waals surface area contributed by atoms with Crippen LogP contribution in [-0.2, 0) is 0 Å². The third kappa shape index (κ3) is 2.36. The molecule has 0 spiro atoms. The number of nitrogens with zero attached hydrogens (tertiary/aromatic N) is 2. The second-order valence-electron chi connectivity index (χ2n) is 3.50. The van der Waals surface area contributed by atoms with Crippen LogP contribution in [-0.4, -0.2) is 24.0 Å². The molecule has 1 saturated heterocycles. The molecule has 1 aliphatic rings. The summed E-state index contributed by atoms with van der Waals surface area (Å²) >= 11 is 5.02. The first-order valence-electron chi connectivity index (χ1n) is 4.88. The number of nitrogens with one attached hydrogen (secondary N) is 1. The van der Waals surface area contributed by atoms with E-state index in [9.17, 15) is 4.79 Å². The van der Waals surface area contributed by atoms with Gasteiger partial charge in [-0.25, -0.2) is 4.79 Å². The summed E-state index contributed by atoms with van der Waals surface area (Å²) in [6.07, 6.45) is 0.383. The number of rotatable bonds is 3. The summed E-state index contributed by atoms with van der Waals surface area (Å²) < 4.78 is 1.06. The van der Waals surface area contributed by atoms with Crippen molar-refractivity contribution in [2.45, 2.75) is 12.5 Å². The summed E-state index contributed by atoms with van der Waals surface area (Å²) in [4.78, 5) is 14.4. The van der Waals surface area contributed by atoms with Crippen molar-refractivity contribution < 1.29 is 4.79 Å². The number of halogens is 1. The molecule has 1 N–H and O–H groups in total. The van der Waals surface area contributed by atoms with Crippen LogP contribution < -0.4 is 5.32 Å². The van der Waals surface area contributed by atoms with Gasteiger partial charge in [0.1, 0.15) is 0 Å². The molecule has 4 nitrogen and oxygen atoms in total. The average molecular weight is 300 g/mol. The van der Waals surface area contributed by atoms with Gasteiger partial charge in [0.2, 0.25) is 0 Å². The number of hydrogen-bond donors (Lipinski definition) is 1. The van der Waals surface area contributed by atoms with E-state index in [-0.39, 0.29) is 12.1 Å². The number of carbonyl (C=O) groups is 1. The van der Waals surface area contributed by atoms with E-state index in [1.807, 2.05) is 18.2 Å². The molecule has 6 heteroatoms. The number of hydrogen-bond acceptors (Lipinski definition) is 3. The maximum Gasteiger partial charge on any atom is 0.318 e. The van der Waals surface area contributed by atoms with E-state index in [1.54, 1.807) is 16.2 Å². The Kier molecular flexibility index (Phi) is 3.46. The Balaban J connectivity index is 2.01. The molecule has 1 aromatic rings. The van der Waals surface area contributed by atoms with Crippen LogP contribution in [0.1, 0.15) is 17.3 Å². The van der Waals surface area contributed by atoms with Crippen molar-refractivity contribution in [3.63, 3.8) is 0 Å². The molecule has 2 heterocycles. The fourth-order valence-corrected chi connectivity index (χ4v) is 3.11. The second-order valence-corrected chi connectivity index (χ2v) is 5.99. The van der Waals surface area contributed by atoms with Gasteiger partial charge in [-0.15, -0.1) is 11.3 Å². The molecule has 0 saturated carbocycles. The molecule has 1 unspecified atom stereocenters. The summed E-state index contributed by atoms with van der Waals surface area (Å²) in [6, 6.07) is 6.01. The van der Waals surface area contributed by atoms with Crippen LogP contribution in [0.4, 0.5) is 4.79 Å². The van der Waals surface area contributed by atoms with E-state index in [1.165, 1.54) is 0 Å². The maximum atomic E-state index is 11.6. The zero-order chi connectivity index (χ0) is 11.5. The fourth-order valence-electron chi connectivity index (χ4n) is 1.64. The average Bonchev–Trinajstić information content (AvgIpc) is 2.82. The molecule has 84 valence electrons. The molecule has 0 aliphatic carbocycles. The molecular formula is C10H10BrN3OS. The van der Waals surface area contributed by atoms with Crippen molar-refractivity contribution in [1.82, 2.24) is 10.2 Å². The summed E-state index contributed by atoms with van der Waals surface area (Å²) in [5.41, 5.74) is 0. The van der Waals surface area contributed by atoms with Gasteiger partial charge >= 0.3 is 6.03 Å². The minimum Gasteiger partial charge on any atom is -0.329 e. The lowest BCUT2D eigenvalue weighted by Gasteiger charge is -2.11. The van der Waals surface area contributed by atoms with Gasteiger partial charge in [0, 0.05) is 18.0 Å². The molecule has 1 fully saturated rings. The van der Waals surface area contributed by atoms with Crippen molar-refractivity contribution in [2.75, 3.05) is 13.1 Å². The molecular weight excluding hydrogens is 290 g/mol. The largest absolute Gasteiger partial charge is 0.329 e. The van der Waals surface area contributed by atoms with Crippen molar-refractivity contribution >= 4 is 33.3 Å². The monoisotopic (exact) mass is 299 g/mol. The Morgan fingerprint density at radius 1 is 1.69 bits per heavy atom. The highest BCUT2D eigenvalue weighted by atomic mass is 79.9. The zero-order valence-corrected chi connectivity index (χ0v) is 10.8. The van der Waals surface area contributed by atoms with E-state index < -0.39 is 0 Å². The smallest absolute Gasteiger partial charge is 0.318 e. The summed E-state index contributed by atoms with van der Waals surface area (Å²) in [7, 11) is 0. The predicted molar refractivity (Wildman–Crippen MR) is 65.1 cm³/mol. The van der Waals surface area contributed by atoms with Crippen molar-refractivity contribution in [3.05, 3.63) is 20.8 Å². The Bertz CT molecular complexity index is 440. The van der Waals surface area contributed by atoms with Crippen LogP contribution in [0.15, 0.2) is 15.9 Å². The van der Waals surface area contributed by atoms with Crippen molar-refractivity contribution in [2.24, 2.45) is 0 Å². The van der Waals surface area contributed by atoms with Crippen LogP contribution in [0.2, 0.25) is 0 Å². The molecule has 16 heavy (non-hydrogen) atoms. The highest BCUT2D eigenvalue weighted by Gasteiger charge is 2.29. The molecule has 0 radical (unpaired) electrons. The first kappa shape index (κ1) is 11.4. The minimum absolute atomic E-state index is 0.0579. The third-order valence-corrected chi connectivity index (χ3v) is 4.16. The lowest BCUT2D eigenvalue weighted by Crippen LogP contribution is -2.28. The Labute approximate surface area is 106 Å². The first-order valence-corrected chi connectivity index (χ1v) is 6.49. The zero-order valence-electron chi connectivity index (χ0n) is 8.44. The second kappa shape index (κ2) is 4.85. The number of carbonyl (C=O) groups excluding carboxylic acids is 1. The standard InChI is InChI=1S/C10H10BrN3OS/c11-9-3-2-8(16-9)7-6-14(5-1-4-12)10(15)13-7/h2-3,7H,1,5-6H2,(H,13,15). The van der Waals surface area contributed by atoms with Gasteiger partial charge < -0.3 is 10.2 Å². The van der Waals surface area contributed by atoms with Crippen LogP contribution in [0, 0.1) is 11.3 Å². The van der Waals surface area contributed by atoms with Crippen molar-refractivity contribution in [3.8, 4) is 6.07 Å². The van der Waals surface area contributed by atoms with E-state index in [4.69, 9.17) is 5.26 Å². The molecule has 0 bridgehead atoms. The number of amides is 2.